The van der Waals surface area contributed by atoms with E-state index in [-0.39, 0.29) is 24.1 Å². The summed E-state index contributed by atoms with van der Waals surface area (Å²) >= 11 is 0. The minimum atomic E-state index is -0.496. The number of nitro groups is 1. The van der Waals surface area contributed by atoms with Gasteiger partial charge < -0.3 is 9.64 Å². The molecule has 1 fully saturated rings. The molecule has 0 spiro atoms. The van der Waals surface area contributed by atoms with Gasteiger partial charge in [-0.25, -0.2) is 4.68 Å². The second-order valence-corrected chi connectivity index (χ2v) is 7.90. The number of para-hydroxylation sites is 2. The van der Waals surface area contributed by atoms with Gasteiger partial charge in [0.1, 0.15) is 0 Å². The van der Waals surface area contributed by atoms with Gasteiger partial charge in [0, 0.05) is 63.3 Å². The highest BCUT2D eigenvalue weighted by Gasteiger charge is 2.24. The first-order valence-corrected chi connectivity index (χ1v) is 10.9. The van der Waals surface area contributed by atoms with Crippen molar-refractivity contribution >= 4 is 11.6 Å². The Hall–Kier alpha value is -3.73. The number of hydrogen-bond donors (Lipinski definition) is 0. The minimum Gasteiger partial charge on any atom is -0.464 e. The summed E-state index contributed by atoms with van der Waals surface area (Å²) in [6, 6.07) is 7.79. The summed E-state index contributed by atoms with van der Waals surface area (Å²) in [5, 5.41) is 19.9. The molecule has 1 amide bonds. The van der Waals surface area contributed by atoms with E-state index in [1.54, 1.807) is 29.3 Å². The Morgan fingerprint density at radius 1 is 1.12 bits per heavy atom. The van der Waals surface area contributed by atoms with Crippen LogP contribution in [-0.2, 0) is 19.8 Å². The van der Waals surface area contributed by atoms with Gasteiger partial charge in [0.25, 0.3) is 5.91 Å². The third-order valence-corrected chi connectivity index (χ3v) is 5.70. The van der Waals surface area contributed by atoms with E-state index in [2.05, 4.69) is 28.2 Å². The molecule has 1 aromatic carbocycles. The van der Waals surface area contributed by atoms with E-state index < -0.39 is 4.92 Å². The Morgan fingerprint density at radius 2 is 1.88 bits per heavy atom. The van der Waals surface area contributed by atoms with Gasteiger partial charge in [-0.05, 0) is 26.0 Å². The molecule has 3 aromatic rings. The van der Waals surface area contributed by atoms with Gasteiger partial charge in [-0.15, -0.1) is 0 Å². The number of carbonyl (C=O) groups excluding carboxylic acids is 1. The number of nitrogens with zero attached hydrogens (tertiary/aromatic N) is 7. The number of amides is 1. The summed E-state index contributed by atoms with van der Waals surface area (Å²) in [6.07, 6.45) is 3.72. The summed E-state index contributed by atoms with van der Waals surface area (Å²) in [4.78, 5) is 27.6. The molecule has 11 nitrogen and oxygen atoms in total. The lowest BCUT2D eigenvalue weighted by Gasteiger charge is -2.34. The van der Waals surface area contributed by atoms with E-state index in [1.807, 2.05) is 11.6 Å². The fourth-order valence-corrected chi connectivity index (χ4v) is 3.80. The fourth-order valence-electron chi connectivity index (χ4n) is 3.80. The van der Waals surface area contributed by atoms with Crippen LogP contribution in [0.25, 0.3) is 0 Å². The maximum Gasteiger partial charge on any atom is 0.311 e. The van der Waals surface area contributed by atoms with Crippen LogP contribution in [0.4, 0.5) is 5.69 Å². The van der Waals surface area contributed by atoms with Crippen LogP contribution in [0.2, 0.25) is 0 Å². The minimum absolute atomic E-state index is 0.0310. The summed E-state index contributed by atoms with van der Waals surface area (Å²) in [6.45, 7) is 8.55. The molecule has 0 unspecified atom stereocenters. The van der Waals surface area contributed by atoms with Crippen LogP contribution in [0.15, 0.2) is 42.7 Å². The average Bonchev–Trinajstić information content (AvgIpc) is 3.44. The number of aryl methyl sites for hydroxylation is 2. The first-order chi connectivity index (χ1) is 15.9. The molecular formula is C22H27N7O4. The molecule has 0 radical (unpaired) electrons. The van der Waals surface area contributed by atoms with E-state index in [1.165, 1.54) is 22.4 Å². The maximum absolute atomic E-state index is 12.9. The summed E-state index contributed by atoms with van der Waals surface area (Å²) in [5.74, 6) is 0.0239. The van der Waals surface area contributed by atoms with Crippen molar-refractivity contribution < 1.29 is 14.5 Å². The predicted octanol–water partition coefficient (Wildman–Crippen LogP) is 2.31. The van der Waals surface area contributed by atoms with Gasteiger partial charge in [-0.2, -0.15) is 10.2 Å². The number of aromatic nitrogens is 4. The largest absolute Gasteiger partial charge is 0.464 e. The molecule has 0 bridgehead atoms. The van der Waals surface area contributed by atoms with E-state index in [0.717, 1.165) is 31.9 Å². The molecule has 174 valence electrons. The van der Waals surface area contributed by atoms with Crippen molar-refractivity contribution in [2.45, 2.75) is 33.7 Å². The van der Waals surface area contributed by atoms with Crippen molar-refractivity contribution in [1.82, 2.24) is 29.4 Å². The van der Waals surface area contributed by atoms with Gasteiger partial charge >= 0.3 is 5.69 Å². The molecule has 0 N–H and O–H groups in total. The van der Waals surface area contributed by atoms with E-state index in [9.17, 15) is 14.9 Å². The zero-order valence-corrected chi connectivity index (χ0v) is 18.8. The summed E-state index contributed by atoms with van der Waals surface area (Å²) in [5.41, 5.74) is 2.48. The summed E-state index contributed by atoms with van der Waals surface area (Å²) in [7, 11) is 0. The Balaban J connectivity index is 1.30. The summed E-state index contributed by atoms with van der Waals surface area (Å²) < 4.78 is 8.93. The van der Waals surface area contributed by atoms with Gasteiger partial charge in [0.05, 0.1) is 10.6 Å². The van der Waals surface area contributed by atoms with Crippen molar-refractivity contribution in [3.8, 4) is 5.75 Å². The zero-order chi connectivity index (χ0) is 23.4. The Labute approximate surface area is 191 Å². The van der Waals surface area contributed by atoms with Crippen LogP contribution in [0.1, 0.15) is 28.7 Å². The molecule has 1 saturated heterocycles. The fraction of sp³-hybridized carbons (Fsp3) is 0.409. The van der Waals surface area contributed by atoms with Crippen molar-refractivity contribution in [3.63, 3.8) is 0 Å². The number of nitro benzene ring substituents is 1. The smallest absolute Gasteiger partial charge is 0.311 e. The number of ether oxygens (including phenoxy) is 1. The van der Waals surface area contributed by atoms with E-state index in [4.69, 9.17) is 4.74 Å². The van der Waals surface area contributed by atoms with Gasteiger partial charge in [0.15, 0.2) is 18.2 Å². The molecule has 0 atom stereocenters. The van der Waals surface area contributed by atoms with Crippen LogP contribution in [0, 0.1) is 17.0 Å². The SMILES string of the molecule is CCn1cc(CN2CCN(C(=O)c3ccn(COc4ccccc4[N+](=O)[O-])n3)CC2)c(C)n1. The highest BCUT2D eigenvalue weighted by Crippen LogP contribution is 2.26. The van der Waals surface area contributed by atoms with Crippen molar-refractivity contribution in [2.24, 2.45) is 0 Å². The molecule has 0 aliphatic carbocycles. The van der Waals surface area contributed by atoms with Gasteiger partial charge in [0.2, 0.25) is 0 Å². The number of benzene rings is 1. The van der Waals surface area contributed by atoms with Crippen LogP contribution in [0.3, 0.4) is 0 Å². The first-order valence-electron chi connectivity index (χ1n) is 10.9. The quantitative estimate of drug-likeness (QED) is 0.380. The van der Waals surface area contributed by atoms with Crippen LogP contribution in [0.5, 0.6) is 5.75 Å². The van der Waals surface area contributed by atoms with Crippen LogP contribution in [-0.4, -0.2) is 66.4 Å². The third-order valence-electron chi connectivity index (χ3n) is 5.70. The molecule has 33 heavy (non-hydrogen) atoms. The van der Waals surface area contributed by atoms with Crippen LogP contribution >= 0.6 is 0 Å². The number of carbonyl (C=O) groups is 1. The second kappa shape index (κ2) is 9.82. The molecule has 11 heteroatoms. The lowest BCUT2D eigenvalue weighted by Crippen LogP contribution is -2.48. The van der Waals surface area contributed by atoms with Crippen molar-refractivity contribution in [3.05, 3.63) is 69.8 Å². The molecule has 0 saturated carbocycles. The van der Waals surface area contributed by atoms with Crippen molar-refractivity contribution in [1.29, 1.82) is 0 Å². The van der Waals surface area contributed by atoms with E-state index >= 15 is 0 Å². The lowest BCUT2D eigenvalue weighted by atomic mass is 10.2. The first kappa shape index (κ1) is 22.5. The van der Waals surface area contributed by atoms with Crippen molar-refractivity contribution in [2.75, 3.05) is 26.2 Å². The predicted molar refractivity (Wildman–Crippen MR) is 120 cm³/mol. The standard InChI is InChI=1S/C22H27N7O4/c1-3-27-15-18(17(2)23-27)14-25-10-12-26(13-11-25)22(30)19-8-9-28(24-19)16-33-21-7-5-4-6-20(21)29(31)32/h4-9,15H,3,10-14,16H2,1-2H3. The number of piperazine rings is 1. The van der Waals surface area contributed by atoms with Gasteiger partial charge in [-0.1, -0.05) is 12.1 Å². The lowest BCUT2D eigenvalue weighted by molar-refractivity contribution is -0.386. The second-order valence-electron chi connectivity index (χ2n) is 7.90. The van der Waals surface area contributed by atoms with Crippen LogP contribution < -0.4 is 4.74 Å². The molecule has 1 aliphatic heterocycles. The molecule has 1 aliphatic rings. The molecule has 3 heterocycles. The monoisotopic (exact) mass is 453 g/mol. The average molecular weight is 454 g/mol. The Bertz CT molecular complexity index is 1130. The topological polar surface area (TPSA) is 112 Å². The maximum atomic E-state index is 12.9. The van der Waals surface area contributed by atoms with E-state index in [0.29, 0.717) is 18.8 Å². The molecular weight excluding hydrogens is 426 g/mol. The number of rotatable bonds is 8. The zero-order valence-electron chi connectivity index (χ0n) is 18.8. The Morgan fingerprint density at radius 3 is 2.58 bits per heavy atom. The highest BCUT2D eigenvalue weighted by molar-refractivity contribution is 5.92. The molecule has 4 rings (SSSR count). The third kappa shape index (κ3) is 5.20. The van der Waals surface area contributed by atoms with Gasteiger partial charge in [-0.3, -0.25) is 24.5 Å². The normalized spacial score (nSPS) is 14.4. The Kier molecular flexibility index (Phi) is 6.68. The molecule has 2 aromatic heterocycles. The highest BCUT2D eigenvalue weighted by atomic mass is 16.6. The number of hydrogen-bond acceptors (Lipinski definition) is 7.